The summed E-state index contributed by atoms with van der Waals surface area (Å²) in [5.41, 5.74) is -1.99. The summed E-state index contributed by atoms with van der Waals surface area (Å²) < 4.78 is 69.8. The van der Waals surface area contributed by atoms with E-state index >= 15 is 0 Å². The quantitative estimate of drug-likeness (QED) is 0.458. The van der Waals surface area contributed by atoms with Gasteiger partial charge in [0.2, 0.25) is 0 Å². The molecular formula is C18H12F5N5O2. The molecule has 1 atom stereocenters. The number of nitrogens with one attached hydrogen (secondary N) is 1. The fraction of sp³-hybridized carbons (Fsp3) is 0.222. The second kappa shape index (κ2) is 8.52. The van der Waals surface area contributed by atoms with Gasteiger partial charge in [-0.1, -0.05) is 6.07 Å². The van der Waals surface area contributed by atoms with E-state index in [9.17, 15) is 27.1 Å². The van der Waals surface area contributed by atoms with E-state index in [1.54, 1.807) is 0 Å². The van der Waals surface area contributed by atoms with Gasteiger partial charge in [-0.2, -0.15) is 28.7 Å². The van der Waals surface area contributed by atoms with Gasteiger partial charge < -0.3 is 9.84 Å². The molecule has 0 fully saturated rings. The largest absolute Gasteiger partial charge is 0.416 e. The number of hydrogen-bond acceptors (Lipinski definition) is 6. The second-order valence-electron chi connectivity index (χ2n) is 6.01. The van der Waals surface area contributed by atoms with Crippen LogP contribution in [0.15, 0.2) is 36.4 Å². The van der Waals surface area contributed by atoms with Crippen LogP contribution in [0.2, 0.25) is 0 Å². The zero-order valence-electron chi connectivity index (χ0n) is 14.9. The molecular weight excluding hydrogens is 413 g/mol. The first kappa shape index (κ1) is 21.3. The lowest BCUT2D eigenvalue weighted by molar-refractivity contribution is -0.138. The van der Waals surface area contributed by atoms with Gasteiger partial charge in [0.25, 0.3) is 6.43 Å². The lowest BCUT2D eigenvalue weighted by Gasteiger charge is -2.15. The van der Waals surface area contributed by atoms with Crippen molar-refractivity contribution in [3.63, 3.8) is 0 Å². The molecule has 1 unspecified atom stereocenters. The first-order valence-electron chi connectivity index (χ1n) is 8.26. The van der Waals surface area contributed by atoms with Crippen LogP contribution in [0, 0.1) is 11.3 Å². The van der Waals surface area contributed by atoms with Crippen molar-refractivity contribution in [2.45, 2.75) is 25.5 Å². The van der Waals surface area contributed by atoms with Crippen LogP contribution in [0.4, 0.5) is 22.0 Å². The molecule has 0 saturated carbocycles. The van der Waals surface area contributed by atoms with E-state index in [-0.39, 0.29) is 28.3 Å². The number of aliphatic hydroxyl groups excluding tert-OH is 1. The minimum Gasteiger partial charge on any atom is -0.363 e. The number of ether oxygens (including phenoxy) is 1. The third kappa shape index (κ3) is 4.76. The van der Waals surface area contributed by atoms with Crippen molar-refractivity contribution >= 4 is 0 Å². The topological polar surface area (TPSA) is 108 Å². The molecule has 0 aliphatic rings. The van der Waals surface area contributed by atoms with Crippen LogP contribution < -0.4 is 0 Å². The highest BCUT2D eigenvalue weighted by Crippen LogP contribution is 2.33. The zero-order chi connectivity index (χ0) is 21.9. The average Bonchev–Trinajstić information content (AvgIpc) is 3.20. The number of aromatic amines is 1. The summed E-state index contributed by atoms with van der Waals surface area (Å²) in [5.74, 6) is 0. The molecule has 0 bridgehead atoms. The average molecular weight is 425 g/mol. The van der Waals surface area contributed by atoms with Crippen molar-refractivity contribution in [2.24, 2.45) is 0 Å². The van der Waals surface area contributed by atoms with Gasteiger partial charge in [0.05, 0.1) is 23.6 Å². The summed E-state index contributed by atoms with van der Waals surface area (Å²) in [6, 6.07) is 8.05. The number of alkyl halides is 5. The van der Waals surface area contributed by atoms with Gasteiger partial charge in [-0.25, -0.2) is 13.8 Å². The number of aromatic nitrogens is 4. The molecule has 1 aromatic carbocycles. The number of halogens is 5. The fourth-order valence-corrected chi connectivity index (χ4v) is 2.56. The summed E-state index contributed by atoms with van der Waals surface area (Å²) >= 11 is 0. The number of rotatable bonds is 6. The van der Waals surface area contributed by atoms with Gasteiger partial charge >= 0.3 is 6.18 Å². The Kier molecular flexibility index (Phi) is 6.04. The zero-order valence-corrected chi connectivity index (χ0v) is 14.9. The second-order valence-corrected chi connectivity index (χ2v) is 6.01. The van der Waals surface area contributed by atoms with Crippen molar-refractivity contribution < 1.29 is 31.8 Å². The lowest BCUT2D eigenvalue weighted by Crippen LogP contribution is -2.09. The molecule has 7 nitrogen and oxygen atoms in total. The van der Waals surface area contributed by atoms with Crippen LogP contribution in [0.3, 0.4) is 0 Å². The number of hydrogen-bond donors (Lipinski definition) is 2. The van der Waals surface area contributed by atoms with Crippen LogP contribution in [0.5, 0.6) is 0 Å². The van der Waals surface area contributed by atoms with Gasteiger partial charge in [-0.15, -0.1) is 5.10 Å². The van der Waals surface area contributed by atoms with E-state index < -0.39 is 36.6 Å². The molecule has 0 aliphatic heterocycles. The maximum Gasteiger partial charge on any atom is 0.416 e. The molecule has 2 N–H and O–H groups in total. The van der Waals surface area contributed by atoms with E-state index in [0.29, 0.717) is 12.1 Å². The Balaban J connectivity index is 1.79. The lowest BCUT2D eigenvalue weighted by atomic mass is 10.1. The molecule has 2 heterocycles. The highest BCUT2D eigenvalue weighted by Gasteiger charge is 2.32. The summed E-state index contributed by atoms with van der Waals surface area (Å²) in [6.07, 6.45) is -9.59. The Morgan fingerprint density at radius 2 is 1.93 bits per heavy atom. The van der Waals surface area contributed by atoms with Gasteiger partial charge in [0.1, 0.15) is 11.8 Å². The van der Waals surface area contributed by atoms with E-state index in [1.165, 1.54) is 18.2 Å². The van der Waals surface area contributed by atoms with Crippen molar-refractivity contribution in [1.82, 2.24) is 20.4 Å². The van der Waals surface area contributed by atoms with Gasteiger partial charge in [-0.05, 0) is 35.9 Å². The normalized spacial score (nSPS) is 12.7. The van der Waals surface area contributed by atoms with Crippen molar-refractivity contribution in [2.75, 3.05) is 0 Å². The summed E-state index contributed by atoms with van der Waals surface area (Å²) in [6.45, 7) is -0.579. The predicted octanol–water partition coefficient (Wildman–Crippen LogP) is 3.90. The molecule has 2 aromatic heterocycles. The number of nitriles is 1. The van der Waals surface area contributed by atoms with Crippen LogP contribution in [-0.2, 0) is 17.5 Å². The Morgan fingerprint density at radius 1 is 1.17 bits per heavy atom. The highest BCUT2D eigenvalue weighted by molar-refractivity contribution is 5.59. The Hall–Kier alpha value is -3.43. The highest BCUT2D eigenvalue weighted by atomic mass is 19.4. The molecule has 156 valence electrons. The van der Waals surface area contributed by atoms with E-state index in [1.807, 2.05) is 6.07 Å². The van der Waals surface area contributed by atoms with Crippen LogP contribution in [0.25, 0.3) is 11.4 Å². The number of H-pyrrole nitrogens is 1. The Labute approximate surface area is 165 Å². The van der Waals surface area contributed by atoms with Gasteiger partial charge in [-0.3, -0.25) is 0 Å². The van der Waals surface area contributed by atoms with Gasteiger partial charge in [0, 0.05) is 5.56 Å². The van der Waals surface area contributed by atoms with Crippen LogP contribution >= 0.6 is 0 Å². The molecule has 0 spiro atoms. The number of aliphatic hydroxyl groups is 1. The molecule has 3 aromatic rings. The molecule has 0 radical (unpaired) electrons. The van der Waals surface area contributed by atoms with Crippen molar-refractivity contribution in [3.05, 3.63) is 64.5 Å². The standard InChI is InChI=1S/C18H12F5N5O2/c19-16(20)10-4-9(5-11(6-10)18(21,22)23)8-30-17(29)13-3-1-2-12(25-13)15-14(7-24)26-28-27-15/h1-6,16-17,29H,8H2,(H,26,27,28). The molecule has 0 aliphatic carbocycles. The fourth-order valence-electron chi connectivity index (χ4n) is 2.56. The van der Waals surface area contributed by atoms with Crippen molar-refractivity contribution in [1.29, 1.82) is 5.26 Å². The molecule has 3 rings (SSSR count). The smallest absolute Gasteiger partial charge is 0.363 e. The first-order valence-corrected chi connectivity index (χ1v) is 8.26. The SMILES string of the molecule is N#Cc1n[nH]nc1-c1cccc(C(O)OCc2cc(C(F)F)cc(C(F)(F)F)c2)n1. The maximum atomic E-state index is 12.9. The van der Waals surface area contributed by atoms with E-state index in [4.69, 9.17) is 10.00 Å². The third-order valence-electron chi connectivity index (χ3n) is 3.92. The molecule has 12 heteroatoms. The number of benzene rings is 1. The summed E-state index contributed by atoms with van der Waals surface area (Å²) in [4.78, 5) is 4.09. The Morgan fingerprint density at radius 3 is 2.60 bits per heavy atom. The Bertz CT molecular complexity index is 1080. The summed E-state index contributed by atoms with van der Waals surface area (Å²) in [7, 11) is 0. The minimum absolute atomic E-state index is 0.0274. The number of pyridine rings is 1. The first-order chi connectivity index (χ1) is 14.2. The monoisotopic (exact) mass is 425 g/mol. The third-order valence-corrected chi connectivity index (χ3v) is 3.92. The van der Waals surface area contributed by atoms with Crippen molar-refractivity contribution in [3.8, 4) is 17.5 Å². The van der Waals surface area contributed by atoms with E-state index in [0.717, 1.165) is 6.07 Å². The van der Waals surface area contributed by atoms with Crippen LogP contribution in [-0.4, -0.2) is 25.5 Å². The molecule has 0 saturated heterocycles. The van der Waals surface area contributed by atoms with E-state index in [2.05, 4.69) is 20.4 Å². The summed E-state index contributed by atoms with van der Waals surface area (Å²) in [5, 5.41) is 28.8. The minimum atomic E-state index is -4.82. The molecule has 30 heavy (non-hydrogen) atoms. The molecule has 0 amide bonds. The predicted molar refractivity (Wildman–Crippen MR) is 90.5 cm³/mol. The van der Waals surface area contributed by atoms with Crippen LogP contribution in [0.1, 0.15) is 40.8 Å². The maximum absolute atomic E-state index is 12.9. The number of nitrogens with zero attached hydrogens (tertiary/aromatic N) is 4. The van der Waals surface area contributed by atoms with Gasteiger partial charge in [0.15, 0.2) is 12.0 Å².